The van der Waals surface area contributed by atoms with E-state index >= 15 is 0 Å². The number of rotatable bonds is 12. The van der Waals surface area contributed by atoms with Crippen molar-refractivity contribution in [1.82, 2.24) is 10.2 Å². The minimum absolute atomic E-state index is 0.00754. The number of sulfonamides is 1. The molecule has 1 aliphatic rings. The number of benzene rings is 4. The van der Waals surface area contributed by atoms with Crippen molar-refractivity contribution in [2.75, 3.05) is 10.8 Å². The number of halogens is 3. The van der Waals surface area contributed by atoms with Gasteiger partial charge in [-0.1, -0.05) is 113 Å². The Bertz CT molecular complexity index is 1750. The van der Waals surface area contributed by atoms with Gasteiger partial charge in [-0.2, -0.15) is 0 Å². The number of hydrogen-bond acceptors (Lipinski definition) is 4. The zero-order chi connectivity index (χ0) is 32.7. The fourth-order valence-electron chi connectivity index (χ4n) is 5.60. The minimum Gasteiger partial charge on any atom is -0.352 e. The molecule has 4 aromatic rings. The average Bonchev–Trinajstić information content (AvgIpc) is 3.57. The standard InChI is InChI=1S/C35H34BrCl2N3O4S/c36-27-17-15-26(16-18-27)23-40(33(21-25-9-3-1-4-10-25)35(43)39-28-11-7-8-12-28)34(42)24-41(29-19-20-31(37)32(38)22-29)46(44,45)30-13-5-2-6-14-30/h1-6,9-10,13-20,22,28,33H,7-8,11-12,21,23-24H2,(H,39,43)/t33-/m1/s1. The molecule has 2 amide bonds. The summed E-state index contributed by atoms with van der Waals surface area (Å²) in [6, 6.07) is 28.4. The van der Waals surface area contributed by atoms with Crippen molar-refractivity contribution in [3.05, 3.63) is 129 Å². The third kappa shape index (κ3) is 8.50. The smallest absolute Gasteiger partial charge is 0.264 e. The number of nitrogens with zero attached hydrogens (tertiary/aromatic N) is 2. The van der Waals surface area contributed by atoms with E-state index in [1.807, 2.05) is 54.6 Å². The molecule has 1 N–H and O–H groups in total. The Kier molecular flexibility index (Phi) is 11.4. The van der Waals surface area contributed by atoms with Crippen molar-refractivity contribution in [2.24, 2.45) is 0 Å². The molecule has 0 heterocycles. The summed E-state index contributed by atoms with van der Waals surface area (Å²) >= 11 is 16.0. The average molecular weight is 744 g/mol. The first-order chi connectivity index (χ1) is 22.1. The summed E-state index contributed by atoms with van der Waals surface area (Å²) < 4.78 is 30.1. The molecule has 11 heteroatoms. The van der Waals surface area contributed by atoms with Crippen molar-refractivity contribution >= 4 is 66.7 Å². The Morgan fingerprint density at radius 3 is 2.09 bits per heavy atom. The van der Waals surface area contributed by atoms with Gasteiger partial charge in [0.1, 0.15) is 12.6 Å². The Hall–Kier alpha value is -3.37. The van der Waals surface area contributed by atoms with Crippen LogP contribution in [0.2, 0.25) is 10.0 Å². The second-order valence-electron chi connectivity index (χ2n) is 11.3. The van der Waals surface area contributed by atoms with Gasteiger partial charge in [-0.05, 0) is 66.4 Å². The molecule has 46 heavy (non-hydrogen) atoms. The molecular weight excluding hydrogens is 709 g/mol. The van der Waals surface area contributed by atoms with E-state index in [0.717, 1.165) is 45.6 Å². The molecule has 240 valence electrons. The SMILES string of the molecule is O=C(NC1CCCC1)[C@@H](Cc1ccccc1)N(Cc1ccc(Br)cc1)C(=O)CN(c1ccc(Cl)c(Cl)c1)S(=O)(=O)c1ccccc1. The van der Waals surface area contributed by atoms with Crippen molar-refractivity contribution < 1.29 is 18.0 Å². The predicted molar refractivity (Wildman–Crippen MR) is 186 cm³/mol. The van der Waals surface area contributed by atoms with Crippen LogP contribution in [-0.4, -0.2) is 43.8 Å². The Labute approximate surface area is 288 Å². The van der Waals surface area contributed by atoms with Gasteiger partial charge in [0.2, 0.25) is 11.8 Å². The van der Waals surface area contributed by atoms with Crippen LogP contribution in [0, 0.1) is 0 Å². The van der Waals surface area contributed by atoms with E-state index in [0.29, 0.717) is 0 Å². The highest BCUT2D eigenvalue weighted by atomic mass is 79.9. The summed E-state index contributed by atoms with van der Waals surface area (Å²) in [4.78, 5) is 30.1. The molecule has 1 saturated carbocycles. The van der Waals surface area contributed by atoms with Crippen LogP contribution in [0.5, 0.6) is 0 Å². The Morgan fingerprint density at radius 2 is 1.46 bits per heavy atom. The number of carbonyl (C=O) groups is 2. The topological polar surface area (TPSA) is 86.8 Å². The molecule has 4 aromatic carbocycles. The van der Waals surface area contributed by atoms with Crippen LogP contribution < -0.4 is 9.62 Å². The monoisotopic (exact) mass is 741 g/mol. The van der Waals surface area contributed by atoms with Crippen LogP contribution in [0.1, 0.15) is 36.8 Å². The molecule has 1 fully saturated rings. The van der Waals surface area contributed by atoms with Crippen molar-refractivity contribution in [3.8, 4) is 0 Å². The summed E-state index contributed by atoms with van der Waals surface area (Å²) in [5.41, 5.74) is 1.83. The van der Waals surface area contributed by atoms with Gasteiger partial charge in [0.05, 0.1) is 20.6 Å². The number of nitrogens with one attached hydrogen (secondary N) is 1. The normalized spacial score (nSPS) is 14.1. The lowest BCUT2D eigenvalue weighted by Crippen LogP contribution is -2.54. The van der Waals surface area contributed by atoms with Gasteiger partial charge >= 0.3 is 0 Å². The molecule has 0 radical (unpaired) electrons. The number of amides is 2. The molecular formula is C35H34BrCl2N3O4S. The van der Waals surface area contributed by atoms with E-state index in [1.165, 1.54) is 35.2 Å². The second kappa shape index (κ2) is 15.5. The zero-order valence-electron chi connectivity index (χ0n) is 25.0. The number of carbonyl (C=O) groups excluding carboxylic acids is 2. The van der Waals surface area contributed by atoms with E-state index in [1.54, 1.807) is 18.2 Å². The fourth-order valence-corrected chi connectivity index (χ4v) is 7.58. The zero-order valence-corrected chi connectivity index (χ0v) is 28.9. The van der Waals surface area contributed by atoms with Crippen LogP contribution in [0.25, 0.3) is 0 Å². The Morgan fingerprint density at radius 1 is 0.826 bits per heavy atom. The van der Waals surface area contributed by atoms with Gasteiger partial charge in [0.25, 0.3) is 10.0 Å². The van der Waals surface area contributed by atoms with E-state index in [-0.39, 0.29) is 45.5 Å². The number of anilines is 1. The van der Waals surface area contributed by atoms with Gasteiger partial charge in [0, 0.05) is 23.5 Å². The second-order valence-corrected chi connectivity index (χ2v) is 14.9. The summed E-state index contributed by atoms with van der Waals surface area (Å²) in [7, 11) is -4.24. The van der Waals surface area contributed by atoms with Crippen LogP contribution in [0.3, 0.4) is 0 Å². The molecule has 0 aliphatic heterocycles. The highest BCUT2D eigenvalue weighted by Gasteiger charge is 2.35. The van der Waals surface area contributed by atoms with Crippen molar-refractivity contribution in [3.63, 3.8) is 0 Å². The maximum absolute atomic E-state index is 14.6. The molecule has 0 aromatic heterocycles. The molecule has 1 aliphatic carbocycles. The van der Waals surface area contributed by atoms with Crippen LogP contribution in [0.15, 0.2) is 112 Å². The quantitative estimate of drug-likeness (QED) is 0.162. The highest BCUT2D eigenvalue weighted by molar-refractivity contribution is 9.10. The molecule has 0 bridgehead atoms. The lowest BCUT2D eigenvalue weighted by atomic mass is 10.0. The van der Waals surface area contributed by atoms with Crippen LogP contribution in [0.4, 0.5) is 5.69 Å². The molecule has 7 nitrogen and oxygen atoms in total. The third-order valence-corrected chi connectivity index (χ3v) is 11.1. The van der Waals surface area contributed by atoms with Gasteiger partial charge in [-0.15, -0.1) is 0 Å². The molecule has 1 atom stereocenters. The lowest BCUT2D eigenvalue weighted by molar-refractivity contribution is -0.140. The molecule has 5 rings (SSSR count). The first kappa shape index (κ1) is 34.0. The predicted octanol–water partition coefficient (Wildman–Crippen LogP) is 7.65. The van der Waals surface area contributed by atoms with Gasteiger partial charge in [0.15, 0.2) is 0 Å². The van der Waals surface area contributed by atoms with E-state index < -0.39 is 28.5 Å². The summed E-state index contributed by atoms with van der Waals surface area (Å²) in [5, 5.41) is 3.57. The largest absolute Gasteiger partial charge is 0.352 e. The van der Waals surface area contributed by atoms with Gasteiger partial charge in [-0.3, -0.25) is 13.9 Å². The fraction of sp³-hybridized carbons (Fsp3) is 0.257. The van der Waals surface area contributed by atoms with E-state index in [2.05, 4.69) is 21.2 Å². The third-order valence-electron chi connectivity index (χ3n) is 8.04. The first-order valence-electron chi connectivity index (χ1n) is 15.0. The van der Waals surface area contributed by atoms with E-state index in [4.69, 9.17) is 23.2 Å². The van der Waals surface area contributed by atoms with Crippen molar-refractivity contribution in [1.29, 1.82) is 0 Å². The maximum Gasteiger partial charge on any atom is 0.264 e. The van der Waals surface area contributed by atoms with Crippen LogP contribution in [-0.2, 0) is 32.6 Å². The Balaban J connectivity index is 1.57. The maximum atomic E-state index is 14.6. The molecule has 0 spiro atoms. The molecule has 0 saturated heterocycles. The first-order valence-corrected chi connectivity index (χ1v) is 18.0. The minimum atomic E-state index is -4.24. The van der Waals surface area contributed by atoms with Gasteiger partial charge in [-0.25, -0.2) is 8.42 Å². The molecule has 0 unspecified atom stereocenters. The highest BCUT2D eigenvalue weighted by Crippen LogP contribution is 2.31. The van der Waals surface area contributed by atoms with Crippen molar-refractivity contribution in [2.45, 2.75) is 55.6 Å². The van der Waals surface area contributed by atoms with Gasteiger partial charge < -0.3 is 10.2 Å². The van der Waals surface area contributed by atoms with Crippen LogP contribution >= 0.6 is 39.1 Å². The van der Waals surface area contributed by atoms with E-state index in [9.17, 15) is 18.0 Å². The lowest BCUT2D eigenvalue weighted by Gasteiger charge is -2.34. The summed E-state index contributed by atoms with van der Waals surface area (Å²) in [6.07, 6.45) is 4.08. The summed E-state index contributed by atoms with van der Waals surface area (Å²) in [6.45, 7) is -0.490. The summed E-state index contributed by atoms with van der Waals surface area (Å²) in [5.74, 6) is -0.816. The number of hydrogen-bond donors (Lipinski definition) is 1.